The number of nitrogen functional groups attached to an aromatic ring is 1. The molecule has 0 bridgehead atoms. The number of benzene rings is 1. The van der Waals surface area contributed by atoms with Crippen LogP contribution in [0, 0.1) is 0 Å². The average molecular weight is 445 g/mol. The van der Waals surface area contributed by atoms with E-state index in [1.54, 1.807) is 0 Å². The van der Waals surface area contributed by atoms with Gasteiger partial charge in [0.1, 0.15) is 0 Å². The number of methoxy groups -OCH3 is 1. The third kappa shape index (κ3) is 3.78. The number of imidazole rings is 1. The van der Waals surface area contributed by atoms with E-state index >= 15 is 0 Å². The van der Waals surface area contributed by atoms with Gasteiger partial charge in [-0.2, -0.15) is 44.5 Å². The highest BCUT2D eigenvalue weighted by Crippen LogP contribution is 2.40. The van der Waals surface area contributed by atoms with Crippen LogP contribution in [0.3, 0.4) is 0 Å². The molecule has 0 saturated carbocycles. The van der Waals surface area contributed by atoms with Crippen LogP contribution in [-0.4, -0.2) is 26.6 Å². The Morgan fingerprint density at radius 1 is 0.800 bits per heavy atom. The van der Waals surface area contributed by atoms with Gasteiger partial charge in [0.05, 0.1) is 23.9 Å². The van der Waals surface area contributed by atoms with Gasteiger partial charge in [-0.05, 0) is 18.2 Å². The molecule has 2 aromatic heterocycles. The summed E-state index contributed by atoms with van der Waals surface area (Å²) in [6, 6.07) is -0.00758. The summed E-state index contributed by atoms with van der Waals surface area (Å²) in [7, 11) is 1.03. The monoisotopic (exact) mass is 445 g/mol. The Morgan fingerprint density at radius 3 is 1.77 bits per heavy atom. The first kappa shape index (κ1) is 21.4. The van der Waals surface area contributed by atoms with Crippen molar-refractivity contribution < 1.29 is 44.3 Å². The molecule has 0 spiro atoms. The van der Waals surface area contributed by atoms with E-state index in [0.717, 1.165) is 7.11 Å². The lowest BCUT2D eigenvalue weighted by atomic mass is 10.1. The maximum absolute atomic E-state index is 13.5. The van der Waals surface area contributed by atoms with Crippen molar-refractivity contribution in [3.8, 4) is 11.6 Å². The number of ether oxygens (including phenoxy) is 1. The van der Waals surface area contributed by atoms with Crippen LogP contribution in [0.2, 0.25) is 0 Å². The molecule has 15 heteroatoms. The Bertz CT molecular complexity index is 1080. The maximum Gasteiger partial charge on any atom is 0.450 e. The molecule has 0 unspecified atom stereocenters. The van der Waals surface area contributed by atoms with Gasteiger partial charge in [-0.25, -0.2) is 9.97 Å². The van der Waals surface area contributed by atoms with Crippen LogP contribution >= 0.6 is 0 Å². The fourth-order valence-corrected chi connectivity index (χ4v) is 2.54. The van der Waals surface area contributed by atoms with E-state index in [1.807, 2.05) is 0 Å². The summed E-state index contributed by atoms with van der Waals surface area (Å²) in [5.41, 5.74) is -0.897. The summed E-state index contributed by atoms with van der Waals surface area (Å²) in [5, 5.41) is 0. The molecule has 3 rings (SSSR count). The minimum Gasteiger partial charge on any atom is -0.478 e. The fourth-order valence-electron chi connectivity index (χ4n) is 2.54. The van der Waals surface area contributed by atoms with Crippen LogP contribution in [-0.2, 0) is 18.5 Å². The molecule has 0 aliphatic heterocycles. The van der Waals surface area contributed by atoms with Gasteiger partial charge in [-0.15, -0.1) is 0 Å². The number of aromatic nitrogens is 4. The first-order valence-electron chi connectivity index (χ1n) is 7.60. The molecular weight excluding hydrogens is 437 g/mol. The van der Waals surface area contributed by atoms with Crippen LogP contribution in [0.5, 0.6) is 5.88 Å². The predicted molar refractivity (Wildman–Crippen MR) is 82.6 cm³/mol. The summed E-state index contributed by atoms with van der Waals surface area (Å²) in [5.74, 6) is -2.83. The lowest BCUT2D eigenvalue weighted by Crippen LogP contribution is -2.17. The SMILES string of the molecule is COc1nc2c(nc1N)nc(C(F)(F)F)n2-c1cc(C(F)(F)F)cc(C(F)(F)F)c1. The average Bonchev–Trinajstić information content (AvgIpc) is 2.97. The van der Waals surface area contributed by atoms with Crippen LogP contribution in [0.1, 0.15) is 17.0 Å². The lowest BCUT2D eigenvalue weighted by molar-refractivity contribution is -0.145. The molecule has 0 radical (unpaired) electrons. The summed E-state index contributed by atoms with van der Waals surface area (Å²) < 4.78 is 124. The van der Waals surface area contributed by atoms with E-state index < -0.39 is 64.2 Å². The normalized spacial score (nSPS) is 13.1. The van der Waals surface area contributed by atoms with Gasteiger partial charge in [0.25, 0.3) is 5.88 Å². The van der Waals surface area contributed by atoms with Crippen molar-refractivity contribution >= 4 is 17.1 Å². The minimum atomic E-state index is -5.28. The largest absolute Gasteiger partial charge is 0.478 e. The van der Waals surface area contributed by atoms with Gasteiger partial charge >= 0.3 is 18.5 Å². The first-order valence-corrected chi connectivity index (χ1v) is 7.60. The highest BCUT2D eigenvalue weighted by Gasteiger charge is 2.41. The minimum absolute atomic E-state index is 0.0191. The molecule has 0 atom stereocenters. The predicted octanol–water partition coefficient (Wildman–Crippen LogP) is 4.46. The number of alkyl halides is 9. The van der Waals surface area contributed by atoms with Crippen LogP contribution in [0.15, 0.2) is 18.2 Å². The molecule has 0 fully saturated rings. The zero-order valence-electron chi connectivity index (χ0n) is 14.4. The number of nitrogens with zero attached hydrogens (tertiary/aromatic N) is 4. The Morgan fingerprint density at radius 2 is 1.33 bits per heavy atom. The van der Waals surface area contributed by atoms with E-state index in [4.69, 9.17) is 10.5 Å². The van der Waals surface area contributed by atoms with Crippen molar-refractivity contribution in [3.05, 3.63) is 35.2 Å². The quantitative estimate of drug-likeness (QED) is 0.590. The first-order chi connectivity index (χ1) is 13.6. The summed E-state index contributed by atoms with van der Waals surface area (Å²) in [6.07, 6.45) is -15.8. The van der Waals surface area contributed by atoms with Crippen LogP contribution in [0.25, 0.3) is 17.0 Å². The number of halogens is 9. The maximum atomic E-state index is 13.5. The smallest absolute Gasteiger partial charge is 0.450 e. The second-order valence-corrected chi connectivity index (χ2v) is 5.80. The Hall–Kier alpha value is -3.26. The standard InChI is InChI=1S/C15H8F9N5O/c1-30-11-8(25)26-9-10(28-11)29(12(27-9)15(22,23)24)7-3-5(13(16,17)18)2-6(4-7)14(19,20)21/h2-4H,1H3,(H2,25,26). The molecule has 2 heterocycles. The van der Waals surface area contributed by atoms with Gasteiger partial charge in [-0.3, -0.25) is 4.57 Å². The van der Waals surface area contributed by atoms with Crippen molar-refractivity contribution in [2.24, 2.45) is 0 Å². The molecule has 1 aromatic carbocycles. The van der Waals surface area contributed by atoms with Crippen molar-refractivity contribution in [2.45, 2.75) is 18.5 Å². The van der Waals surface area contributed by atoms with Gasteiger partial charge in [0.15, 0.2) is 11.5 Å². The second-order valence-electron chi connectivity index (χ2n) is 5.80. The summed E-state index contributed by atoms with van der Waals surface area (Å²) in [4.78, 5) is 10.3. The zero-order valence-corrected chi connectivity index (χ0v) is 14.4. The molecule has 30 heavy (non-hydrogen) atoms. The number of anilines is 1. The summed E-state index contributed by atoms with van der Waals surface area (Å²) >= 11 is 0. The van der Waals surface area contributed by atoms with Gasteiger partial charge in [-0.1, -0.05) is 0 Å². The molecule has 0 saturated heterocycles. The third-order valence-corrected chi connectivity index (χ3v) is 3.77. The van der Waals surface area contributed by atoms with Crippen molar-refractivity contribution in [2.75, 3.05) is 12.8 Å². The molecule has 0 amide bonds. The Labute approximate surface area is 160 Å². The molecule has 6 nitrogen and oxygen atoms in total. The van der Waals surface area contributed by atoms with Crippen molar-refractivity contribution in [1.82, 2.24) is 19.5 Å². The highest BCUT2D eigenvalue weighted by molar-refractivity contribution is 5.73. The van der Waals surface area contributed by atoms with Gasteiger partial charge in [0, 0.05) is 0 Å². The van der Waals surface area contributed by atoms with E-state index in [1.165, 1.54) is 0 Å². The van der Waals surface area contributed by atoms with Crippen molar-refractivity contribution in [3.63, 3.8) is 0 Å². The topological polar surface area (TPSA) is 78.8 Å². The number of hydrogen-bond donors (Lipinski definition) is 1. The molecule has 0 aliphatic carbocycles. The number of rotatable bonds is 2. The second kappa shape index (κ2) is 6.63. The number of hydrogen-bond acceptors (Lipinski definition) is 5. The third-order valence-electron chi connectivity index (χ3n) is 3.77. The van der Waals surface area contributed by atoms with E-state index in [-0.39, 0.29) is 22.8 Å². The Balaban J connectivity index is 2.46. The molecule has 0 aliphatic rings. The molecule has 162 valence electrons. The van der Waals surface area contributed by atoms with Gasteiger partial charge < -0.3 is 10.5 Å². The number of nitrogens with two attached hydrogens (primary N) is 1. The van der Waals surface area contributed by atoms with Gasteiger partial charge in [0.2, 0.25) is 11.5 Å². The zero-order chi connectivity index (χ0) is 22.6. The molecule has 3 aromatic rings. The lowest BCUT2D eigenvalue weighted by Gasteiger charge is -2.16. The number of fused-ring (bicyclic) bond motifs is 1. The Kier molecular flexibility index (Phi) is 4.74. The van der Waals surface area contributed by atoms with E-state index in [2.05, 4.69) is 15.0 Å². The molecule has 2 N–H and O–H groups in total. The molecular formula is C15H8F9N5O. The van der Waals surface area contributed by atoms with E-state index in [9.17, 15) is 39.5 Å². The van der Waals surface area contributed by atoms with Crippen molar-refractivity contribution in [1.29, 1.82) is 0 Å². The fraction of sp³-hybridized carbons (Fsp3) is 0.267. The van der Waals surface area contributed by atoms with E-state index in [0.29, 0.717) is 0 Å². The highest BCUT2D eigenvalue weighted by atomic mass is 19.4. The van der Waals surface area contributed by atoms with Crippen LogP contribution in [0.4, 0.5) is 45.3 Å². The summed E-state index contributed by atoms with van der Waals surface area (Å²) in [6.45, 7) is 0. The van der Waals surface area contributed by atoms with Crippen LogP contribution < -0.4 is 10.5 Å².